The van der Waals surface area contributed by atoms with Gasteiger partial charge in [0.1, 0.15) is 5.75 Å². The SMILES string of the molecule is Cc1ccc2c(c1)[C@H]1CC(c3ccccc3Cl)=NN1C1(CC[NH+](C(C)C)CC1)O2. The molecule has 3 aliphatic heterocycles. The van der Waals surface area contributed by atoms with Crippen molar-refractivity contribution < 1.29 is 9.64 Å². The van der Waals surface area contributed by atoms with Crippen molar-refractivity contribution >= 4 is 17.3 Å². The van der Waals surface area contributed by atoms with Crippen LogP contribution in [0.25, 0.3) is 0 Å². The van der Waals surface area contributed by atoms with Gasteiger partial charge in [-0.25, -0.2) is 5.01 Å². The molecule has 0 unspecified atom stereocenters. The van der Waals surface area contributed by atoms with Crippen molar-refractivity contribution in [1.82, 2.24) is 5.01 Å². The van der Waals surface area contributed by atoms with Gasteiger partial charge in [0.15, 0.2) is 0 Å². The maximum atomic E-state index is 6.74. The summed E-state index contributed by atoms with van der Waals surface area (Å²) >= 11 is 6.52. The molecule has 1 fully saturated rings. The highest BCUT2D eigenvalue weighted by Gasteiger charge is 2.53. The number of likely N-dealkylation sites (tertiary alicyclic amines) is 1. The van der Waals surface area contributed by atoms with Gasteiger partial charge in [0.2, 0.25) is 5.72 Å². The van der Waals surface area contributed by atoms with E-state index in [1.165, 1.54) is 11.1 Å². The van der Waals surface area contributed by atoms with Crippen LogP contribution in [0.5, 0.6) is 5.75 Å². The van der Waals surface area contributed by atoms with Crippen molar-refractivity contribution in [3.63, 3.8) is 0 Å². The highest BCUT2D eigenvalue weighted by Crippen LogP contribution is 2.49. The van der Waals surface area contributed by atoms with Gasteiger partial charge in [-0.3, -0.25) is 0 Å². The van der Waals surface area contributed by atoms with Crippen LogP contribution in [0, 0.1) is 6.92 Å². The van der Waals surface area contributed by atoms with E-state index < -0.39 is 0 Å². The topological polar surface area (TPSA) is 29.3 Å². The lowest BCUT2D eigenvalue weighted by molar-refractivity contribution is -0.929. The Morgan fingerprint density at radius 3 is 2.66 bits per heavy atom. The number of quaternary nitrogens is 1. The molecule has 0 bridgehead atoms. The van der Waals surface area contributed by atoms with Crippen LogP contribution < -0.4 is 9.64 Å². The molecule has 5 heteroatoms. The zero-order valence-electron chi connectivity index (χ0n) is 17.4. The van der Waals surface area contributed by atoms with E-state index in [0.29, 0.717) is 6.04 Å². The number of nitrogens with one attached hydrogen (secondary N) is 1. The molecule has 1 saturated heterocycles. The van der Waals surface area contributed by atoms with Crippen molar-refractivity contribution in [3.8, 4) is 5.75 Å². The zero-order chi connectivity index (χ0) is 20.2. The van der Waals surface area contributed by atoms with E-state index in [1.54, 1.807) is 4.90 Å². The van der Waals surface area contributed by atoms with Crippen LogP contribution in [0.2, 0.25) is 5.02 Å². The van der Waals surface area contributed by atoms with E-state index in [0.717, 1.165) is 54.4 Å². The lowest BCUT2D eigenvalue weighted by atomic mass is 9.90. The Hall–Kier alpha value is -2.04. The average molecular weight is 411 g/mol. The maximum Gasteiger partial charge on any atom is 0.208 e. The van der Waals surface area contributed by atoms with E-state index in [-0.39, 0.29) is 11.8 Å². The number of rotatable bonds is 2. The molecule has 0 radical (unpaired) electrons. The number of aryl methyl sites for hydroxylation is 1. The van der Waals surface area contributed by atoms with Crippen molar-refractivity contribution in [1.29, 1.82) is 0 Å². The van der Waals surface area contributed by atoms with Crippen molar-refractivity contribution in [2.45, 2.75) is 57.8 Å². The van der Waals surface area contributed by atoms with Crippen molar-refractivity contribution in [2.75, 3.05) is 13.1 Å². The van der Waals surface area contributed by atoms with E-state index >= 15 is 0 Å². The Bertz CT molecular complexity index is 962. The largest absolute Gasteiger partial charge is 0.466 e. The van der Waals surface area contributed by atoms with Crippen LogP contribution in [0.15, 0.2) is 47.6 Å². The zero-order valence-corrected chi connectivity index (χ0v) is 18.2. The molecule has 1 N–H and O–H groups in total. The van der Waals surface area contributed by atoms with Gasteiger partial charge in [0.05, 0.1) is 43.7 Å². The van der Waals surface area contributed by atoms with E-state index in [9.17, 15) is 0 Å². The van der Waals surface area contributed by atoms with Crippen LogP contribution >= 0.6 is 11.6 Å². The molecule has 0 saturated carbocycles. The predicted molar refractivity (Wildman–Crippen MR) is 117 cm³/mol. The second-order valence-corrected chi connectivity index (χ2v) is 9.40. The Morgan fingerprint density at radius 1 is 1.17 bits per heavy atom. The number of benzene rings is 2. The Morgan fingerprint density at radius 2 is 1.93 bits per heavy atom. The van der Waals surface area contributed by atoms with Crippen molar-refractivity contribution in [2.24, 2.45) is 5.10 Å². The molecule has 2 aromatic carbocycles. The minimum absolute atomic E-state index is 0.213. The maximum absolute atomic E-state index is 6.74. The number of hydrogen-bond acceptors (Lipinski definition) is 3. The standard InChI is InChI=1S/C24H28ClN3O/c1-16(2)27-12-10-24(11-13-27)28-22(19-14-17(3)8-9-23(19)29-24)15-21(26-28)18-6-4-5-7-20(18)25/h4-9,14,16,22H,10-13,15H2,1-3H3/p+1/t22-/m1/s1. The van der Waals surface area contributed by atoms with Crippen molar-refractivity contribution in [3.05, 3.63) is 64.2 Å². The van der Waals surface area contributed by atoms with E-state index in [2.05, 4.69) is 50.0 Å². The third kappa shape index (κ3) is 3.13. The predicted octanol–water partition coefficient (Wildman–Crippen LogP) is 3.98. The van der Waals surface area contributed by atoms with Gasteiger partial charge >= 0.3 is 0 Å². The van der Waals surface area contributed by atoms with Crippen LogP contribution in [0.1, 0.15) is 55.8 Å². The molecule has 29 heavy (non-hydrogen) atoms. The molecule has 4 nitrogen and oxygen atoms in total. The highest BCUT2D eigenvalue weighted by atomic mass is 35.5. The molecular formula is C24H29ClN3O+. The van der Waals surface area contributed by atoms with E-state index in [4.69, 9.17) is 21.4 Å². The molecule has 0 aromatic heterocycles. The molecule has 3 aliphatic rings. The quantitative estimate of drug-likeness (QED) is 0.811. The Kier molecular flexibility index (Phi) is 4.60. The third-order valence-corrected chi connectivity index (χ3v) is 7.16. The first kappa shape index (κ1) is 19.0. The molecule has 1 atom stereocenters. The summed E-state index contributed by atoms with van der Waals surface area (Å²) in [5.74, 6) is 1.03. The van der Waals surface area contributed by atoms with E-state index in [1.807, 2.05) is 18.2 Å². The fraction of sp³-hybridized carbons (Fsp3) is 0.458. The summed E-state index contributed by atoms with van der Waals surface area (Å²) in [6.45, 7) is 8.97. The fourth-order valence-electron chi connectivity index (χ4n) is 5.13. The number of piperidine rings is 1. The summed E-state index contributed by atoms with van der Waals surface area (Å²) in [6.07, 6.45) is 2.85. The molecular weight excluding hydrogens is 382 g/mol. The lowest BCUT2D eigenvalue weighted by Gasteiger charge is -2.50. The summed E-state index contributed by atoms with van der Waals surface area (Å²) in [5.41, 5.74) is 4.26. The molecule has 152 valence electrons. The molecule has 0 amide bonds. The van der Waals surface area contributed by atoms with Gasteiger partial charge in [-0.2, -0.15) is 5.10 Å². The highest BCUT2D eigenvalue weighted by molar-refractivity contribution is 6.34. The number of ether oxygens (including phenoxy) is 1. The summed E-state index contributed by atoms with van der Waals surface area (Å²) in [4.78, 5) is 1.65. The molecule has 5 rings (SSSR count). The number of hydrogen-bond donors (Lipinski definition) is 1. The van der Waals surface area contributed by atoms with Gasteiger partial charge < -0.3 is 9.64 Å². The van der Waals surface area contributed by atoms with Crippen LogP contribution in [0.4, 0.5) is 0 Å². The van der Waals surface area contributed by atoms with Crippen LogP contribution in [-0.2, 0) is 0 Å². The van der Waals surface area contributed by atoms with Crippen LogP contribution in [0.3, 0.4) is 0 Å². The minimum Gasteiger partial charge on any atom is -0.466 e. The second-order valence-electron chi connectivity index (χ2n) is 8.99. The third-order valence-electron chi connectivity index (χ3n) is 6.83. The normalized spacial score (nSPS) is 28.2. The summed E-state index contributed by atoms with van der Waals surface area (Å²) in [5, 5.41) is 8.20. The smallest absolute Gasteiger partial charge is 0.208 e. The van der Waals surface area contributed by atoms with Crippen LogP contribution in [-0.4, -0.2) is 35.6 Å². The Balaban J connectivity index is 1.56. The molecule has 0 aliphatic carbocycles. The summed E-state index contributed by atoms with van der Waals surface area (Å²) < 4.78 is 6.74. The number of fused-ring (bicyclic) bond motifs is 4. The van der Waals surface area contributed by atoms with Gasteiger partial charge in [0, 0.05) is 22.6 Å². The first-order valence-electron chi connectivity index (χ1n) is 10.7. The monoisotopic (exact) mass is 410 g/mol. The number of halogens is 1. The summed E-state index contributed by atoms with van der Waals surface area (Å²) in [6, 6.07) is 15.5. The Labute approximate surface area is 178 Å². The molecule has 2 aromatic rings. The number of nitrogens with zero attached hydrogens (tertiary/aromatic N) is 2. The number of hydrazone groups is 1. The lowest BCUT2D eigenvalue weighted by Crippen LogP contribution is -3.16. The fourth-order valence-corrected chi connectivity index (χ4v) is 5.37. The summed E-state index contributed by atoms with van der Waals surface area (Å²) in [7, 11) is 0. The van der Waals surface area contributed by atoms with Gasteiger partial charge in [-0.05, 0) is 32.9 Å². The first-order chi connectivity index (χ1) is 14.0. The minimum atomic E-state index is -0.353. The van der Waals surface area contributed by atoms with Gasteiger partial charge in [-0.1, -0.05) is 47.5 Å². The molecule has 3 heterocycles. The molecule has 1 spiro atoms. The second kappa shape index (κ2) is 7.03. The van der Waals surface area contributed by atoms with Gasteiger partial charge in [-0.15, -0.1) is 0 Å². The first-order valence-corrected chi connectivity index (χ1v) is 11.1. The van der Waals surface area contributed by atoms with Gasteiger partial charge in [0.25, 0.3) is 0 Å². The average Bonchev–Trinajstić information content (AvgIpc) is 3.16.